The molecule has 1 aliphatic carbocycles. The minimum Gasteiger partial charge on any atom is -0.377 e. The van der Waals surface area contributed by atoms with Gasteiger partial charge < -0.3 is 14.4 Å². The van der Waals surface area contributed by atoms with Crippen LogP contribution in [0, 0.1) is 5.92 Å². The van der Waals surface area contributed by atoms with Crippen LogP contribution in [0.25, 0.3) is 0 Å². The average molecular weight is 316 g/mol. The lowest BCUT2D eigenvalue weighted by Gasteiger charge is -2.43. The third-order valence-corrected chi connectivity index (χ3v) is 4.96. The van der Waals surface area contributed by atoms with Gasteiger partial charge in [0.05, 0.1) is 19.8 Å². The summed E-state index contributed by atoms with van der Waals surface area (Å²) >= 11 is 0. The molecule has 5 nitrogen and oxygen atoms in total. The number of para-hydroxylation sites is 1. The molecule has 3 aliphatic rings. The quantitative estimate of drug-likeness (QED) is 0.848. The Balaban J connectivity index is 1.52. The van der Waals surface area contributed by atoms with Crippen molar-refractivity contribution in [3.63, 3.8) is 0 Å². The first kappa shape index (κ1) is 15.1. The Kier molecular flexibility index (Phi) is 4.09. The molecule has 0 N–H and O–H groups in total. The molecule has 2 heterocycles. The van der Waals surface area contributed by atoms with Gasteiger partial charge in [0.2, 0.25) is 0 Å². The van der Waals surface area contributed by atoms with E-state index >= 15 is 0 Å². The first-order chi connectivity index (χ1) is 11.2. The summed E-state index contributed by atoms with van der Waals surface area (Å²) in [5.74, 6) is 0.875. The molecule has 124 valence electrons. The molecular formula is C18H24N2O3. The number of hydrogen-bond acceptors (Lipinski definition) is 4. The summed E-state index contributed by atoms with van der Waals surface area (Å²) in [6, 6.07) is 9.87. The molecule has 0 bridgehead atoms. The van der Waals surface area contributed by atoms with Gasteiger partial charge in [0.25, 0.3) is 5.91 Å². The minimum absolute atomic E-state index is 0.0276. The Morgan fingerprint density at radius 1 is 1.17 bits per heavy atom. The third kappa shape index (κ3) is 3.42. The van der Waals surface area contributed by atoms with Gasteiger partial charge in [-0.05, 0) is 30.9 Å². The monoisotopic (exact) mass is 316 g/mol. The maximum absolute atomic E-state index is 12.3. The molecule has 23 heavy (non-hydrogen) atoms. The van der Waals surface area contributed by atoms with Crippen LogP contribution in [0.2, 0.25) is 0 Å². The third-order valence-electron chi connectivity index (χ3n) is 4.96. The standard InChI is InChI=1S/C18H24N2O3/c21-17-11-23-18(13-20(17)16-4-2-1-3-5-16)12-19(8-9-22-14-18)10-15-6-7-15/h1-5,15H,6-14H2/t18-/m1/s1. The molecule has 0 radical (unpaired) electrons. The predicted octanol–water partition coefficient (Wildman–Crippen LogP) is 1.53. The fourth-order valence-corrected chi connectivity index (χ4v) is 3.55. The van der Waals surface area contributed by atoms with Crippen molar-refractivity contribution in [2.45, 2.75) is 18.4 Å². The van der Waals surface area contributed by atoms with Gasteiger partial charge in [-0.25, -0.2) is 0 Å². The van der Waals surface area contributed by atoms with Crippen molar-refractivity contribution in [3.8, 4) is 0 Å². The Bertz CT molecular complexity index is 561. The van der Waals surface area contributed by atoms with Crippen molar-refractivity contribution in [3.05, 3.63) is 30.3 Å². The van der Waals surface area contributed by atoms with E-state index in [1.807, 2.05) is 35.2 Å². The summed E-state index contributed by atoms with van der Waals surface area (Å²) in [6.45, 7) is 4.95. The molecule has 0 aromatic heterocycles. The fourth-order valence-electron chi connectivity index (χ4n) is 3.55. The second kappa shape index (κ2) is 6.23. The number of rotatable bonds is 3. The van der Waals surface area contributed by atoms with Gasteiger partial charge in [0.1, 0.15) is 12.2 Å². The SMILES string of the molecule is O=C1CO[C@@]2(COCCN(CC3CC3)C2)CN1c1ccccc1. The Morgan fingerprint density at radius 3 is 2.78 bits per heavy atom. The number of benzene rings is 1. The Morgan fingerprint density at radius 2 is 2.00 bits per heavy atom. The highest BCUT2D eigenvalue weighted by molar-refractivity contribution is 5.95. The number of hydrogen-bond donors (Lipinski definition) is 0. The van der Waals surface area contributed by atoms with Gasteiger partial charge in [-0.15, -0.1) is 0 Å². The lowest BCUT2D eigenvalue weighted by Crippen LogP contribution is -2.61. The molecule has 1 aromatic carbocycles. The zero-order valence-electron chi connectivity index (χ0n) is 13.4. The summed E-state index contributed by atoms with van der Waals surface area (Å²) in [6.07, 6.45) is 2.69. The predicted molar refractivity (Wildman–Crippen MR) is 87.5 cm³/mol. The molecule has 1 saturated carbocycles. The van der Waals surface area contributed by atoms with E-state index in [2.05, 4.69) is 4.90 Å². The minimum atomic E-state index is -0.408. The molecule has 0 unspecified atom stereocenters. The Hall–Kier alpha value is -1.43. The second-order valence-corrected chi connectivity index (χ2v) is 7.02. The van der Waals surface area contributed by atoms with Crippen LogP contribution < -0.4 is 4.90 Å². The summed E-state index contributed by atoms with van der Waals surface area (Å²) in [7, 11) is 0. The van der Waals surface area contributed by atoms with Gasteiger partial charge in [0.15, 0.2) is 0 Å². The topological polar surface area (TPSA) is 42.0 Å². The zero-order chi connectivity index (χ0) is 15.7. The van der Waals surface area contributed by atoms with Crippen LogP contribution in [0.15, 0.2) is 30.3 Å². The number of carbonyl (C=O) groups excluding carboxylic acids is 1. The highest BCUT2D eigenvalue weighted by atomic mass is 16.6. The van der Waals surface area contributed by atoms with E-state index in [0.29, 0.717) is 13.2 Å². The van der Waals surface area contributed by atoms with Crippen molar-refractivity contribution >= 4 is 11.6 Å². The van der Waals surface area contributed by atoms with Gasteiger partial charge in [0, 0.05) is 25.3 Å². The summed E-state index contributed by atoms with van der Waals surface area (Å²) in [4.78, 5) is 16.6. The number of anilines is 1. The molecule has 2 aliphatic heterocycles. The number of nitrogens with zero attached hydrogens (tertiary/aromatic N) is 2. The lowest BCUT2D eigenvalue weighted by molar-refractivity contribution is -0.146. The molecule has 4 rings (SSSR count). The molecule has 1 amide bonds. The fraction of sp³-hybridized carbons (Fsp3) is 0.611. The van der Waals surface area contributed by atoms with Crippen molar-refractivity contribution in [1.29, 1.82) is 0 Å². The number of carbonyl (C=O) groups is 1. The van der Waals surface area contributed by atoms with Crippen LogP contribution in [0.5, 0.6) is 0 Å². The van der Waals surface area contributed by atoms with Crippen LogP contribution in [-0.4, -0.2) is 62.4 Å². The largest absolute Gasteiger partial charge is 0.377 e. The molecule has 1 spiro atoms. The van der Waals surface area contributed by atoms with E-state index in [4.69, 9.17) is 9.47 Å². The van der Waals surface area contributed by atoms with E-state index in [1.54, 1.807) is 0 Å². The Labute approximate surface area is 137 Å². The second-order valence-electron chi connectivity index (χ2n) is 7.02. The first-order valence-corrected chi connectivity index (χ1v) is 8.54. The molecule has 1 atom stereocenters. The maximum atomic E-state index is 12.3. The summed E-state index contributed by atoms with van der Waals surface area (Å²) in [5, 5.41) is 0. The van der Waals surface area contributed by atoms with Crippen LogP contribution in [0.3, 0.4) is 0 Å². The number of morpholine rings is 1. The molecule has 3 fully saturated rings. The van der Waals surface area contributed by atoms with Crippen LogP contribution in [-0.2, 0) is 14.3 Å². The van der Waals surface area contributed by atoms with Gasteiger partial charge in [-0.1, -0.05) is 18.2 Å². The van der Waals surface area contributed by atoms with E-state index in [1.165, 1.54) is 12.8 Å². The zero-order valence-corrected chi connectivity index (χ0v) is 13.4. The van der Waals surface area contributed by atoms with Crippen molar-refractivity contribution in [2.24, 2.45) is 5.92 Å². The van der Waals surface area contributed by atoms with Crippen molar-refractivity contribution in [2.75, 3.05) is 50.9 Å². The van der Waals surface area contributed by atoms with Crippen LogP contribution >= 0.6 is 0 Å². The van der Waals surface area contributed by atoms with E-state index in [-0.39, 0.29) is 12.5 Å². The first-order valence-electron chi connectivity index (χ1n) is 8.54. The molecule has 5 heteroatoms. The van der Waals surface area contributed by atoms with Crippen molar-refractivity contribution < 1.29 is 14.3 Å². The van der Waals surface area contributed by atoms with Gasteiger partial charge in [-0.2, -0.15) is 0 Å². The van der Waals surface area contributed by atoms with Gasteiger partial charge in [-0.3, -0.25) is 9.69 Å². The van der Waals surface area contributed by atoms with Crippen LogP contribution in [0.1, 0.15) is 12.8 Å². The highest BCUT2D eigenvalue weighted by Gasteiger charge is 2.43. The summed E-state index contributed by atoms with van der Waals surface area (Å²) < 4.78 is 11.9. The summed E-state index contributed by atoms with van der Waals surface area (Å²) in [5.41, 5.74) is 0.535. The van der Waals surface area contributed by atoms with E-state index < -0.39 is 5.60 Å². The van der Waals surface area contributed by atoms with E-state index in [9.17, 15) is 4.79 Å². The molecular weight excluding hydrogens is 292 g/mol. The van der Waals surface area contributed by atoms with E-state index in [0.717, 1.165) is 37.8 Å². The maximum Gasteiger partial charge on any atom is 0.253 e. The lowest BCUT2D eigenvalue weighted by atomic mass is 10.0. The normalized spacial score (nSPS) is 29.7. The molecule has 1 aromatic rings. The number of ether oxygens (including phenoxy) is 2. The van der Waals surface area contributed by atoms with Crippen molar-refractivity contribution in [1.82, 2.24) is 4.90 Å². The van der Waals surface area contributed by atoms with Crippen LogP contribution in [0.4, 0.5) is 5.69 Å². The smallest absolute Gasteiger partial charge is 0.253 e. The number of amides is 1. The average Bonchev–Trinajstić information content (AvgIpc) is 3.40. The molecule has 2 saturated heterocycles. The highest BCUT2D eigenvalue weighted by Crippen LogP contribution is 2.32. The van der Waals surface area contributed by atoms with Gasteiger partial charge >= 0.3 is 0 Å².